The Labute approximate surface area is 139 Å². The fourth-order valence-electron chi connectivity index (χ4n) is 2.93. The van der Waals surface area contributed by atoms with Gasteiger partial charge in [-0.1, -0.05) is 18.2 Å². The molecule has 0 bridgehead atoms. The molecule has 2 aromatic rings. The van der Waals surface area contributed by atoms with Gasteiger partial charge in [0.2, 0.25) is 0 Å². The van der Waals surface area contributed by atoms with E-state index in [2.05, 4.69) is 0 Å². The number of nitrogens with zero attached hydrogens (tertiary/aromatic N) is 2. The lowest BCUT2D eigenvalue weighted by molar-refractivity contribution is -0.605. The standard InChI is InChI=1S/C18H18N2O4/c1-12-11-15-5-3-4-6-16(15)20(12)17(21)13(2)24-18(22)14-7-9-19(23)10-8-14/h3-10,12-13H,11H2,1-2H3/t12-,13+/m0/s1. The predicted octanol–water partition coefficient (Wildman–Crippen LogP) is 1.84. The molecule has 0 saturated carbocycles. The summed E-state index contributed by atoms with van der Waals surface area (Å²) in [6, 6.07) is 10.5. The first kappa shape index (κ1) is 16.0. The monoisotopic (exact) mass is 326 g/mol. The highest BCUT2D eigenvalue weighted by Gasteiger charge is 2.34. The van der Waals surface area contributed by atoms with Crippen molar-refractivity contribution in [3.63, 3.8) is 0 Å². The van der Waals surface area contributed by atoms with E-state index >= 15 is 0 Å². The highest BCUT2D eigenvalue weighted by molar-refractivity contribution is 6.00. The topological polar surface area (TPSA) is 73.5 Å². The lowest BCUT2D eigenvalue weighted by atomic mass is 10.1. The number of hydrogen-bond acceptors (Lipinski definition) is 4. The second-order valence-electron chi connectivity index (χ2n) is 5.88. The minimum Gasteiger partial charge on any atom is -0.619 e. The van der Waals surface area contributed by atoms with E-state index in [1.807, 2.05) is 31.2 Å². The summed E-state index contributed by atoms with van der Waals surface area (Å²) in [4.78, 5) is 26.5. The summed E-state index contributed by atoms with van der Waals surface area (Å²) in [5.74, 6) is -0.882. The Morgan fingerprint density at radius 1 is 1.25 bits per heavy atom. The van der Waals surface area contributed by atoms with Crippen molar-refractivity contribution in [3.05, 3.63) is 65.1 Å². The molecule has 3 rings (SSSR count). The van der Waals surface area contributed by atoms with Crippen LogP contribution in [0, 0.1) is 5.21 Å². The van der Waals surface area contributed by atoms with Gasteiger partial charge in [0.1, 0.15) is 0 Å². The Morgan fingerprint density at radius 2 is 1.92 bits per heavy atom. The van der Waals surface area contributed by atoms with Crippen LogP contribution in [0.3, 0.4) is 0 Å². The van der Waals surface area contributed by atoms with Gasteiger partial charge < -0.3 is 14.8 Å². The molecule has 0 unspecified atom stereocenters. The van der Waals surface area contributed by atoms with Gasteiger partial charge in [0.25, 0.3) is 5.91 Å². The molecule has 2 heterocycles. The molecule has 0 spiro atoms. The van der Waals surface area contributed by atoms with Gasteiger partial charge in [0.15, 0.2) is 18.5 Å². The maximum atomic E-state index is 12.7. The van der Waals surface area contributed by atoms with Crippen molar-refractivity contribution in [1.82, 2.24) is 0 Å². The molecule has 0 N–H and O–H groups in total. The number of fused-ring (bicyclic) bond motifs is 1. The SMILES string of the molecule is C[C@@H](OC(=O)c1cc[n+]([O-])cc1)C(=O)N1c2ccccc2C[C@@H]1C. The normalized spacial score (nSPS) is 17.2. The number of carbonyl (C=O) groups excluding carboxylic acids is 2. The van der Waals surface area contributed by atoms with Crippen LogP contribution < -0.4 is 9.63 Å². The van der Waals surface area contributed by atoms with E-state index in [1.165, 1.54) is 24.5 Å². The highest BCUT2D eigenvalue weighted by atomic mass is 16.5. The summed E-state index contributed by atoms with van der Waals surface area (Å²) in [6.07, 6.45) is 2.29. The summed E-state index contributed by atoms with van der Waals surface area (Å²) in [7, 11) is 0. The van der Waals surface area contributed by atoms with Crippen molar-refractivity contribution < 1.29 is 19.1 Å². The van der Waals surface area contributed by atoms with E-state index in [0.717, 1.165) is 17.7 Å². The molecule has 1 aliphatic heterocycles. The molecular weight excluding hydrogens is 308 g/mol. The fraction of sp³-hybridized carbons (Fsp3) is 0.278. The van der Waals surface area contributed by atoms with E-state index in [9.17, 15) is 14.8 Å². The van der Waals surface area contributed by atoms with Crippen molar-refractivity contribution in [3.8, 4) is 0 Å². The number of esters is 1. The van der Waals surface area contributed by atoms with Gasteiger partial charge >= 0.3 is 5.97 Å². The van der Waals surface area contributed by atoms with Crippen LogP contribution in [0.4, 0.5) is 5.69 Å². The van der Waals surface area contributed by atoms with E-state index < -0.39 is 12.1 Å². The molecule has 124 valence electrons. The zero-order valence-electron chi connectivity index (χ0n) is 13.5. The van der Waals surface area contributed by atoms with E-state index in [0.29, 0.717) is 4.73 Å². The molecule has 24 heavy (non-hydrogen) atoms. The van der Waals surface area contributed by atoms with Crippen LogP contribution in [-0.2, 0) is 16.0 Å². The number of amides is 1. The number of hydrogen-bond donors (Lipinski definition) is 0. The number of ether oxygens (including phenoxy) is 1. The molecule has 6 nitrogen and oxygen atoms in total. The van der Waals surface area contributed by atoms with Crippen molar-refractivity contribution in [2.24, 2.45) is 0 Å². The second kappa shape index (κ2) is 6.31. The molecule has 1 aromatic heterocycles. The van der Waals surface area contributed by atoms with Gasteiger partial charge in [-0.2, -0.15) is 4.73 Å². The number of anilines is 1. The van der Waals surface area contributed by atoms with Crippen molar-refractivity contribution in [2.75, 3.05) is 4.90 Å². The Balaban J connectivity index is 1.73. The Hall–Kier alpha value is -2.89. The van der Waals surface area contributed by atoms with Crippen LogP contribution in [0.2, 0.25) is 0 Å². The number of para-hydroxylation sites is 1. The summed E-state index contributed by atoms with van der Waals surface area (Å²) in [6.45, 7) is 3.53. The molecule has 1 aromatic carbocycles. The number of benzene rings is 1. The van der Waals surface area contributed by atoms with Crippen molar-refractivity contribution in [1.29, 1.82) is 0 Å². The van der Waals surface area contributed by atoms with Crippen LogP contribution >= 0.6 is 0 Å². The molecule has 1 aliphatic rings. The van der Waals surface area contributed by atoms with Crippen LogP contribution in [-0.4, -0.2) is 24.0 Å². The van der Waals surface area contributed by atoms with Crippen LogP contribution in [0.15, 0.2) is 48.8 Å². The average Bonchev–Trinajstić information content (AvgIpc) is 2.90. The fourth-order valence-corrected chi connectivity index (χ4v) is 2.93. The molecule has 0 aliphatic carbocycles. The summed E-state index contributed by atoms with van der Waals surface area (Å²) in [5, 5.41) is 11.0. The third kappa shape index (κ3) is 2.95. The first-order valence-corrected chi connectivity index (χ1v) is 7.78. The molecular formula is C18H18N2O4. The Morgan fingerprint density at radius 3 is 2.62 bits per heavy atom. The quantitative estimate of drug-likeness (QED) is 0.490. The molecule has 0 saturated heterocycles. The van der Waals surface area contributed by atoms with Crippen LogP contribution in [0.25, 0.3) is 0 Å². The first-order valence-electron chi connectivity index (χ1n) is 7.78. The van der Waals surface area contributed by atoms with Gasteiger partial charge in [0.05, 0.1) is 5.56 Å². The maximum Gasteiger partial charge on any atom is 0.339 e. The second-order valence-corrected chi connectivity index (χ2v) is 5.88. The zero-order chi connectivity index (χ0) is 17.3. The Bertz CT molecular complexity index is 773. The van der Waals surface area contributed by atoms with Gasteiger partial charge in [-0.05, 0) is 31.9 Å². The third-order valence-electron chi connectivity index (χ3n) is 4.11. The lowest BCUT2D eigenvalue weighted by Crippen LogP contribution is -2.43. The van der Waals surface area contributed by atoms with E-state index in [1.54, 1.807) is 11.8 Å². The average molecular weight is 326 g/mol. The minimum absolute atomic E-state index is 0.0206. The number of pyridine rings is 1. The van der Waals surface area contributed by atoms with E-state index in [4.69, 9.17) is 4.74 Å². The predicted molar refractivity (Wildman–Crippen MR) is 87.4 cm³/mol. The van der Waals surface area contributed by atoms with Gasteiger partial charge in [0, 0.05) is 23.9 Å². The summed E-state index contributed by atoms with van der Waals surface area (Å²) in [5.41, 5.74) is 2.21. The Kier molecular flexibility index (Phi) is 4.20. The summed E-state index contributed by atoms with van der Waals surface area (Å²) >= 11 is 0. The largest absolute Gasteiger partial charge is 0.619 e. The van der Waals surface area contributed by atoms with Crippen LogP contribution in [0.5, 0.6) is 0 Å². The highest BCUT2D eigenvalue weighted by Crippen LogP contribution is 2.32. The molecule has 0 radical (unpaired) electrons. The lowest BCUT2D eigenvalue weighted by Gasteiger charge is -2.25. The van der Waals surface area contributed by atoms with Gasteiger partial charge in [-0.15, -0.1) is 0 Å². The molecule has 1 amide bonds. The maximum absolute atomic E-state index is 12.7. The molecule has 2 atom stereocenters. The number of carbonyl (C=O) groups is 2. The number of rotatable bonds is 3. The summed E-state index contributed by atoms with van der Waals surface area (Å²) < 4.78 is 5.85. The van der Waals surface area contributed by atoms with Gasteiger partial charge in [-0.3, -0.25) is 4.79 Å². The molecule has 0 fully saturated rings. The van der Waals surface area contributed by atoms with Crippen molar-refractivity contribution >= 4 is 17.6 Å². The first-order chi connectivity index (χ1) is 11.5. The third-order valence-corrected chi connectivity index (χ3v) is 4.11. The van der Waals surface area contributed by atoms with Gasteiger partial charge in [-0.25, -0.2) is 4.79 Å². The number of aromatic nitrogens is 1. The van der Waals surface area contributed by atoms with Crippen LogP contribution in [0.1, 0.15) is 29.8 Å². The minimum atomic E-state index is -0.911. The molecule has 6 heteroatoms. The smallest absolute Gasteiger partial charge is 0.339 e. The zero-order valence-corrected chi connectivity index (χ0v) is 13.5. The van der Waals surface area contributed by atoms with E-state index in [-0.39, 0.29) is 17.5 Å². The van der Waals surface area contributed by atoms with Crippen molar-refractivity contribution in [2.45, 2.75) is 32.4 Å².